The van der Waals surface area contributed by atoms with E-state index in [1.54, 1.807) is 11.3 Å². The molecule has 1 aliphatic carbocycles. The summed E-state index contributed by atoms with van der Waals surface area (Å²) in [6.45, 7) is 2.99. The highest BCUT2D eigenvalue weighted by atomic mass is 32.2. The summed E-state index contributed by atoms with van der Waals surface area (Å²) in [6, 6.07) is 0. The van der Waals surface area contributed by atoms with Crippen LogP contribution in [0, 0.1) is 0 Å². The van der Waals surface area contributed by atoms with E-state index in [1.165, 1.54) is 55.2 Å². The van der Waals surface area contributed by atoms with Crippen LogP contribution in [-0.2, 0) is 17.6 Å². The van der Waals surface area contributed by atoms with Gasteiger partial charge in [-0.3, -0.25) is 4.79 Å². The third-order valence-corrected chi connectivity index (χ3v) is 6.05. The molecule has 0 amide bonds. The fraction of sp³-hybridized carbons (Fsp3) is 0.400. The molecule has 0 fully saturated rings. The summed E-state index contributed by atoms with van der Waals surface area (Å²) in [4.78, 5) is 23.1. The summed E-state index contributed by atoms with van der Waals surface area (Å²) >= 11 is 2.98. The van der Waals surface area contributed by atoms with E-state index in [2.05, 4.69) is 9.97 Å². The Bertz CT molecular complexity index is 745. The Morgan fingerprint density at radius 1 is 1.29 bits per heavy atom. The molecule has 1 N–H and O–H groups in total. The van der Waals surface area contributed by atoms with E-state index in [1.807, 2.05) is 0 Å². The van der Waals surface area contributed by atoms with Crippen molar-refractivity contribution in [1.29, 1.82) is 0 Å². The minimum atomic E-state index is -0.143. The highest BCUT2D eigenvalue weighted by Gasteiger charge is 2.21. The molecule has 0 saturated carbocycles. The zero-order chi connectivity index (χ0) is 15.0. The van der Waals surface area contributed by atoms with Crippen LogP contribution in [0.15, 0.2) is 22.0 Å². The number of aryl methyl sites for hydroxylation is 2. The lowest BCUT2D eigenvalue weighted by Crippen LogP contribution is -2.00. The van der Waals surface area contributed by atoms with Crippen LogP contribution in [0.5, 0.6) is 0 Å². The van der Waals surface area contributed by atoms with E-state index in [4.69, 9.17) is 0 Å². The van der Waals surface area contributed by atoms with E-state index >= 15 is 0 Å². The van der Waals surface area contributed by atoms with Gasteiger partial charge in [-0.25, -0.2) is 9.97 Å². The molecule has 2 heterocycles. The Hall–Kier alpha value is -1.40. The number of nitrogens with zero attached hydrogens (tertiary/aromatic N) is 2. The first-order valence-corrected chi connectivity index (χ1v) is 8.55. The van der Waals surface area contributed by atoms with Crippen LogP contribution in [0.2, 0.25) is 0 Å². The number of carbonyl (C=O) groups is 1. The number of rotatable bonds is 3. The lowest BCUT2D eigenvalue weighted by molar-refractivity contribution is -0.113. The van der Waals surface area contributed by atoms with Gasteiger partial charge < -0.3 is 5.11 Å². The summed E-state index contributed by atoms with van der Waals surface area (Å²) in [5.74, 6) is -0.0979. The van der Waals surface area contributed by atoms with Gasteiger partial charge in [0.1, 0.15) is 21.9 Å². The molecule has 0 aromatic carbocycles. The summed E-state index contributed by atoms with van der Waals surface area (Å²) in [7, 11) is 0. The van der Waals surface area contributed by atoms with Crippen molar-refractivity contribution in [2.24, 2.45) is 0 Å². The number of carbonyl (C=O) groups excluding carboxylic acids is 1. The van der Waals surface area contributed by atoms with Gasteiger partial charge in [-0.2, -0.15) is 0 Å². The van der Waals surface area contributed by atoms with Gasteiger partial charge in [0.2, 0.25) is 0 Å². The summed E-state index contributed by atoms with van der Waals surface area (Å²) in [6.07, 6.45) is 6.11. The topological polar surface area (TPSA) is 63.1 Å². The van der Waals surface area contributed by atoms with Crippen LogP contribution in [0.4, 0.5) is 0 Å². The maximum atomic E-state index is 11.7. The molecular weight excluding hydrogens is 304 g/mol. The van der Waals surface area contributed by atoms with Gasteiger partial charge in [0, 0.05) is 10.3 Å². The van der Waals surface area contributed by atoms with Crippen LogP contribution < -0.4 is 0 Å². The van der Waals surface area contributed by atoms with Crippen molar-refractivity contribution in [3.8, 4) is 0 Å². The van der Waals surface area contributed by atoms with Crippen molar-refractivity contribution < 1.29 is 9.90 Å². The Kier molecular flexibility index (Phi) is 3.99. The third-order valence-electron chi connectivity index (χ3n) is 3.56. The number of hydrogen-bond acceptors (Lipinski definition) is 6. The van der Waals surface area contributed by atoms with Gasteiger partial charge in [-0.05, 0) is 45.1 Å². The molecular formula is C15H16N2O2S2. The van der Waals surface area contributed by atoms with Crippen LogP contribution in [0.25, 0.3) is 10.2 Å². The first-order chi connectivity index (χ1) is 10.1. The molecule has 2 aromatic rings. The Morgan fingerprint density at radius 2 is 2.05 bits per heavy atom. The number of fused-ring (bicyclic) bond motifs is 3. The maximum Gasteiger partial charge on any atom is 0.169 e. The van der Waals surface area contributed by atoms with E-state index in [-0.39, 0.29) is 11.5 Å². The number of aliphatic hydroxyl groups excluding tert-OH is 1. The number of aliphatic hydroxyl groups is 1. The number of hydrogen-bond donors (Lipinski definition) is 1. The fourth-order valence-electron chi connectivity index (χ4n) is 2.64. The Balaban J connectivity index is 2.13. The first-order valence-electron chi connectivity index (χ1n) is 6.91. The normalized spacial score (nSPS) is 15.7. The van der Waals surface area contributed by atoms with E-state index in [9.17, 15) is 9.90 Å². The molecule has 6 heteroatoms. The molecule has 4 nitrogen and oxygen atoms in total. The minimum Gasteiger partial charge on any atom is -0.511 e. The first kappa shape index (κ1) is 14.5. The van der Waals surface area contributed by atoms with Gasteiger partial charge in [0.15, 0.2) is 5.78 Å². The molecule has 0 unspecified atom stereocenters. The highest BCUT2D eigenvalue weighted by Crippen LogP contribution is 2.41. The monoisotopic (exact) mass is 320 g/mol. The number of Topliss-reactive ketones (excluding diaryl/α,β-unsaturated/α-hetero) is 1. The minimum absolute atomic E-state index is 0.0448. The molecule has 0 bridgehead atoms. The quantitative estimate of drug-likeness (QED) is 0.400. The van der Waals surface area contributed by atoms with Gasteiger partial charge in [-0.15, -0.1) is 11.3 Å². The van der Waals surface area contributed by atoms with Crippen molar-refractivity contribution in [2.45, 2.75) is 44.6 Å². The third kappa shape index (κ3) is 2.70. The van der Waals surface area contributed by atoms with Crippen LogP contribution in [0.1, 0.15) is 37.1 Å². The van der Waals surface area contributed by atoms with E-state index in [0.717, 1.165) is 28.1 Å². The lowest BCUT2D eigenvalue weighted by atomic mass is 9.97. The summed E-state index contributed by atoms with van der Waals surface area (Å²) in [5.41, 5.74) is 1.34. The van der Waals surface area contributed by atoms with Crippen molar-refractivity contribution in [3.63, 3.8) is 0 Å². The standard InChI is InChI=1S/C15H16N2O2S2/c1-8(18)13(9(2)19)21-15-12-10-5-3-4-6-11(10)20-14(12)16-7-17-15/h7,18H,3-6H2,1-2H3/b13-8-. The molecule has 21 heavy (non-hydrogen) atoms. The molecule has 2 aromatic heterocycles. The van der Waals surface area contributed by atoms with E-state index < -0.39 is 0 Å². The molecule has 0 spiro atoms. The van der Waals surface area contributed by atoms with Crippen LogP contribution >= 0.6 is 23.1 Å². The van der Waals surface area contributed by atoms with Gasteiger partial charge in [0.25, 0.3) is 0 Å². The second-order valence-electron chi connectivity index (χ2n) is 5.14. The zero-order valence-electron chi connectivity index (χ0n) is 12.0. The second-order valence-corrected chi connectivity index (χ2v) is 7.23. The average Bonchev–Trinajstić information content (AvgIpc) is 2.83. The molecule has 110 valence electrons. The number of ketones is 1. The van der Waals surface area contributed by atoms with Crippen LogP contribution in [0.3, 0.4) is 0 Å². The SMILES string of the molecule is CC(=O)/C(Sc1ncnc2sc3c(c12)CCCC3)=C(\C)O. The molecule has 0 aliphatic heterocycles. The van der Waals surface area contributed by atoms with Crippen molar-refractivity contribution >= 4 is 39.1 Å². The number of aromatic nitrogens is 2. The predicted octanol–water partition coefficient (Wildman–Crippen LogP) is 4.04. The highest BCUT2D eigenvalue weighted by molar-refractivity contribution is 8.04. The molecule has 1 aliphatic rings. The Labute approximate surface area is 131 Å². The number of allylic oxidation sites excluding steroid dienone is 2. The number of thioether (sulfide) groups is 1. The van der Waals surface area contributed by atoms with Gasteiger partial charge in [0.05, 0.1) is 4.91 Å². The zero-order valence-corrected chi connectivity index (χ0v) is 13.6. The molecule has 3 rings (SSSR count). The fourth-order valence-corrected chi connectivity index (χ4v) is 4.84. The van der Waals surface area contributed by atoms with E-state index in [0.29, 0.717) is 4.91 Å². The summed E-state index contributed by atoms with van der Waals surface area (Å²) in [5, 5.41) is 11.5. The van der Waals surface area contributed by atoms with Gasteiger partial charge in [-0.1, -0.05) is 11.8 Å². The summed E-state index contributed by atoms with van der Waals surface area (Å²) < 4.78 is 0. The van der Waals surface area contributed by atoms with Crippen molar-refractivity contribution in [1.82, 2.24) is 9.97 Å². The lowest BCUT2D eigenvalue weighted by Gasteiger charge is -2.11. The van der Waals surface area contributed by atoms with Gasteiger partial charge >= 0.3 is 0 Å². The average molecular weight is 320 g/mol. The van der Waals surface area contributed by atoms with Crippen LogP contribution in [-0.4, -0.2) is 20.9 Å². The van der Waals surface area contributed by atoms with Crippen molar-refractivity contribution in [3.05, 3.63) is 27.4 Å². The maximum absolute atomic E-state index is 11.7. The number of thiophene rings is 1. The second kappa shape index (κ2) is 5.77. The van der Waals surface area contributed by atoms with Crippen molar-refractivity contribution in [2.75, 3.05) is 0 Å². The molecule has 0 radical (unpaired) electrons. The Morgan fingerprint density at radius 3 is 2.76 bits per heavy atom. The smallest absolute Gasteiger partial charge is 0.169 e. The molecule has 0 saturated heterocycles. The predicted molar refractivity (Wildman–Crippen MR) is 85.9 cm³/mol. The molecule has 0 atom stereocenters. The largest absolute Gasteiger partial charge is 0.511 e.